The van der Waals surface area contributed by atoms with Gasteiger partial charge in [0.1, 0.15) is 5.58 Å². The van der Waals surface area contributed by atoms with Crippen molar-refractivity contribution in [1.82, 2.24) is 5.32 Å². The number of fused-ring (bicyclic) bond motifs is 1. The molecule has 7 heteroatoms. The molecule has 1 aromatic heterocycles. The van der Waals surface area contributed by atoms with Crippen LogP contribution in [0.1, 0.15) is 11.1 Å². The van der Waals surface area contributed by atoms with Gasteiger partial charge >= 0.3 is 5.63 Å². The molecule has 0 bridgehead atoms. The van der Waals surface area contributed by atoms with Crippen molar-refractivity contribution in [1.29, 1.82) is 0 Å². The Labute approximate surface area is 200 Å². The number of thiocarbonyl (C=S) groups is 1. The van der Waals surface area contributed by atoms with E-state index in [1.54, 1.807) is 48.5 Å². The van der Waals surface area contributed by atoms with Gasteiger partial charge in [-0.25, -0.2) is 4.79 Å². The standard InChI is InChI=1S/C26H19ClN2O3S/c1-16-6-10-18(21-14-19-4-2-3-5-23(19)32-25(21)31)15-22(16)28-26(33)29-24(30)13-9-17-7-11-20(27)12-8-17/h2-15H,1H3,(H2,28,29,30,33)/b13-9+. The number of carbonyl (C=O) groups excluding carboxylic acids is 1. The molecule has 0 atom stereocenters. The molecule has 0 unspecified atom stereocenters. The third-order valence-corrected chi connectivity index (χ3v) is 5.43. The maximum Gasteiger partial charge on any atom is 0.344 e. The lowest BCUT2D eigenvalue weighted by atomic mass is 10.0. The summed E-state index contributed by atoms with van der Waals surface area (Å²) in [6.07, 6.45) is 3.06. The lowest BCUT2D eigenvalue weighted by molar-refractivity contribution is -0.115. The highest BCUT2D eigenvalue weighted by Gasteiger charge is 2.11. The number of carbonyl (C=O) groups is 1. The van der Waals surface area contributed by atoms with Crippen LogP contribution in [0.2, 0.25) is 5.02 Å². The molecule has 0 aliphatic heterocycles. The Morgan fingerprint density at radius 2 is 1.79 bits per heavy atom. The molecular formula is C26H19ClN2O3S. The largest absolute Gasteiger partial charge is 0.422 e. The number of hydrogen-bond acceptors (Lipinski definition) is 4. The Kier molecular flexibility index (Phi) is 6.68. The van der Waals surface area contributed by atoms with Crippen molar-refractivity contribution in [2.45, 2.75) is 6.92 Å². The molecule has 2 N–H and O–H groups in total. The SMILES string of the molecule is Cc1ccc(-c2cc3ccccc3oc2=O)cc1NC(=S)NC(=O)/C=C/c1ccc(Cl)cc1. The predicted molar refractivity (Wildman–Crippen MR) is 138 cm³/mol. The highest BCUT2D eigenvalue weighted by Crippen LogP contribution is 2.26. The summed E-state index contributed by atoms with van der Waals surface area (Å²) in [5.41, 5.74) is 3.64. The molecule has 4 aromatic rings. The quantitative estimate of drug-likeness (QED) is 0.217. The number of anilines is 1. The number of halogens is 1. The van der Waals surface area contributed by atoms with E-state index in [1.807, 2.05) is 37.3 Å². The number of benzene rings is 3. The Bertz CT molecular complexity index is 1440. The van der Waals surface area contributed by atoms with E-state index < -0.39 is 5.63 Å². The van der Waals surface area contributed by atoms with Crippen LogP contribution in [0.25, 0.3) is 28.2 Å². The van der Waals surface area contributed by atoms with E-state index >= 15 is 0 Å². The number of para-hydroxylation sites is 1. The van der Waals surface area contributed by atoms with E-state index in [0.717, 1.165) is 16.5 Å². The van der Waals surface area contributed by atoms with E-state index in [-0.39, 0.29) is 11.0 Å². The van der Waals surface area contributed by atoms with Gasteiger partial charge in [0.2, 0.25) is 5.91 Å². The van der Waals surface area contributed by atoms with Crippen molar-refractivity contribution in [2.24, 2.45) is 0 Å². The van der Waals surface area contributed by atoms with Gasteiger partial charge in [0.05, 0.1) is 5.56 Å². The minimum Gasteiger partial charge on any atom is -0.422 e. The fraction of sp³-hybridized carbons (Fsp3) is 0.0385. The number of aryl methyl sites for hydroxylation is 1. The average Bonchev–Trinajstić information content (AvgIpc) is 2.80. The number of rotatable bonds is 4. The first kappa shape index (κ1) is 22.5. The smallest absolute Gasteiger partial charge is 0.344 e. The Balaban J connectivity index is 1.49. The summed E-state index contributed by atoms with van der Waals surface area (Å²) in [6, 6.07) is 21.8. The zero-order valence-electron chi connectivity index (χ0n) is 17.6. The van der Waals surface area contributed by atoms with Gasteiger partial charge in [-0.3, -0.25) is 10.1 Å². The summed E-state index contributed by atoms with van der Waals surface area (Å²) >= 11 is 11.2. The molecule has 33 heavy (non-hydrogen) atoms. The molecule has 0 saturated carbocycles. The van der Waals surface area contributed by atoms with Gasteiger partial charge < -0.3 is 9.73 Å². The third kappa shape index (κ3) is 5.55. The van der Waals surface area contributed by atoms with Crippen LogP contribution in [-0.4, -0.2) is 11.0 Å². The second-order valence-electron chi connectivity index (χ2n) is 7.34. The van der Waals surface area contributed by atoms with Crippen LogP contribution >= 0.6 is 23.8 Å². The van der Waals surface area contributed by atoms with Gasteiger partial charge in [0.15, 0.2) is 5.11 Å². The van der Waals surface area contributed by atoms with E-state index in [1.165, 1.54) is 6.08 Å². The lowest BCUT2D eigenvalue weighted by Gasteiger charge is -2.12. The second kappa shape index (κ2) is 9.81. The molecule has 0 radical (unpaired) electrons. The summed E-state index contributed by atoms with van der Waals surface area (Å²) < 4.78 is 5.45. The molecule has 0 saturated heterocycles. The molecule has 3 aromatic carbocycles. The first-order chi connectivity index (χ1) is 15.9. The number of nitrogens with one attached hydrogen (secondary N) is 2. The topological polar surface area (TPSA) is 71.3 Å². The Morgan fingerprint density at radius 1 is 1.03 bits per heavy atom. The molecule has 5 nitrogen and oxygen atoms in total. The first-order valence-corrected chi connectivity index (χ1v) is 10.9. The van der Waals surface area contributed by atoms with Crippen LogP contribution < -0.4 is 16.3 Å². The second-order valence-corrected chi connectivity index (χ2v) is 8.19. The molecule has 1 amide bonds. The average molecular weight is 475 g/mol. The number of hydrogen-bond donors (Lipinski definition) is 2. The Hall–Kier alpha value is -3.74. The summed E-state index contributed by atoms with van der Waals surface area (Å²) in [7, 11) is 0. The van der Waals surface area contributed by atoms with Gasteiger partial charge in [-0.15, -0.1) is 0 Å². The van der Waals surface area contributed by atoms with Crippen molar-refractivity contribution in [2.75, 3.05) is 5.32 Å². The summed E-state index contributed by atoms with van der Waals surface area (Å²) in [6.45, 7) is 1.90. The summed E-state index contributed by atoms with van der Waals surface area (Å²) in [4.78, 5) is 24.7. The van der Waals surface area contributed by atoms with Crippen LogP contribution in [0.3, 0.4) is 0 Å². The summed E-state index contributed by atoms with van der Waals surface area (Å²) in [5.74, 6) is -0.369. The van der Waals surface area contributed by atoms with Gasteiger partial charge in [0.25, 0.3) is 0 Å². The highest BCUT2D eigenvalue weighted by atomic mass is 35.5. The van der Waals surface area contributed by atoms with Crippen molar-refractivity contribution in [3.8, 4) is 11.1 Å². The van der Waals surface area contributed by atoms with E-state index in [4.69, 9.17) is 28.2 Å². The molecule has 4 rings (SSSR count). The normalized spacial score (nSPS) is 11.0. The van der Waals surface area contributed by atoms with E-state index in [0.29, 0.717) is 27.4 Å². The molecule has 0 fully saturated rings. The third-order valence-electron chi connectivity index (χ3n) is 4.97. The van der Waals surface area contributed by atoms with Crippen molar-refractivity contribution in [3.63, 3.8) is 0 Å². The number of amides is 1. The molecule has 0 spiro atoms. The molecule has 164 valence electrons. The van der Waals surface area contributed by atoms with Crippen molar-refractivity contribution in [3.05, 3.63) is 105 Å². The van der Waals surface area contributed by atoms with Crippen LogP contribution in [0, 0.1) is 6.92 Å². The maximum absolute atomic E-state index is 12.5. The van der Waals surface area contributed by atoms with Crippen LogP contribution in [0.4, 0.5) is 5.69 Å². The van der Waals surface area contributed by atoms with Crippen LogP contribution in [0.5, 0.6) is 0 Å². The van der Waals surface area contributed by atoms with Gasteiger partial charge in [-0.2, -0.15) is 0 Å². The zero-order valence-corrected chi connectivity index (χ0v) is 19.2. The Morgan fingerprint density at radius 3 is 2.58 bits per heavy atom. The molecular weight excluding hydrogens is 456 g/mol. The van der Waals surface area contributed by atoms with Crippen molar-refractivity contribution >= 4 is 57.6 Å². The lowest BCUT2D eigenvalue weighted by Crippen LogP contribution is -2.33. The van der Waals surface area contributed by atoms with Gasteiger partial charge in [-0.1, -0.05) is 54.1 Å². The molecule has 1 heterocycles. The van der Waals surface area contributed by atoms with Crippen molar-refractivity contribution < 1.29 is 9.21 Å². The zero-order chi connectivity index (χ0) is 23.4. The predicted octanol–water partition coefficient (Wildman–Crippen LogP) is 5.95. The van der Waals surface area contributed by atoms with E-state index in [2.05, 4.69) is 10.6 Å². The summed E-state index contributed by atoms with van der Waals surface area (Å²) in [5, 5.41) is 7.25. The molecule has 0 aliphatic carbocycles. The highest BCUT2D eigenvalue weighted by molar-refractivity contribution is 7.80. The van der Waals surface area contributed by atoms with Gasteiger partial charge in [-0.05, 0) is 72.2 Å². The minimum absolute atomic E-state index is 0.145. The first-order valence-electron chi connectivity index (χ1n) is 10.1. The minimum atomic E-state index is -0.424. The monoisotopic (exact) mass is 474 g/mol. The molecule has 0 aliphatic rings. The van der Waals surface area contributed by atoms with Crippen LogP contribution in [-0.2, 0) is 4.79 Å². The fourth-order valence-corrected chi connectivity index (χ4v) is 3.58. The van der Waals surface area contributed by atoms with Crippen LogP contribution in [0.15, 0.2) is 88.1 Å². The fourth-order valence-electron chi connectivity index (χ4n) is 3.24. The van der Waals surface area contributed by atoms with E-state index in [9.17, 15) is 9.59 Å². The van der Waals surface area contributed by atoms with Gasteiger partial charge in [0, 0.05) is 22.2 Å². The maximum atomic E-state index is 12.5.